The number of hydrogen-bond acceptors (Lipinski definition) is 4. The second-order valence-corrected chi connectivity index (χ2v) is 7.05. The van der Waals surface area contributed by atoms with Crippen molar-refractivity contribution in [1.82, 2.24) is 9.80 Å². The molecule has 4 atom stereocenters. The third-order valence-electron chi connectivity index (χ3n) is 5.64. The Kier molecular flexibility index (Phi) is 3.77. The summed E-state index contributed by atoms with van der Waals surface area (Å²) in [4.78, 5) is 16.6. The number of nitrogens with zero attached hydrogens (tertiary/aromatic N) is 2. The molecule has 0 radical (unpaired) electrons. The van der Waals surface area contributed by atoms with Crippen molar-refractivity contribution >= 4 is 5.97 Å². The molecule has 0 aromatic heterocycles. The van der Waals surface area contributed by atoms with E-state index < -0.39 is 11.5 Å². The minimum absolute atomic E-state index is 0.350. The first-order chi connectivity index (χ1) is 9.49. The van der Waals surface area contributed by atoms with Gasteiger partial charge in [-0.25, -0.2) is 0 Å². The molecule has 0 spiro atoms. The van der Waals surface area contributed by atoms with Crippen molar-refractivity contribution in [3.05, 3.63) is 0 Å². The van der Waals surface area contributed by atoms with Crippen LogP contribution in [0.4, 0.5) is 0 Å². The van der Waals surface area contributed by atoms with Crippen molar-refractivity contribution in [2.45, 2.75) is 69.1 Å². The summed E-state index contributed by atoms with van der Waals surface area (Å²) in [5, 5.41) is 9.38. The van der Waals surface area contributed by atoms with Gasteiger partial charge in [-0.1, -0.05) is 0 Å². The van der Waals surface area contributed by atoms with Crippen LogP contribution in [0.15, 0.2) is 0 Å². The highest BCUT2D eigenvalue weighted by Crippen LogP contribution is 2.34. The highest BCUT2D eigenvalue weighted by molar-refractivity contribution is 5.78. The summed E-state index contributed by atoms with van der Waals surface area (Å²) < 4.78 is 0. The van der Waals surface area contributed by atoms with E-state index in [-0.39, 0.29) is 0 Å². The molecule has 1 saturated carbocycles. The largest absolute Gasteiger partial charge is 0.480 e. The van der Waals surface area contributed by atoms with Crippen molar-refractivity contribution in [2.75, 3.05) is 19.6 Å². The molecule has 3 aliphatic rings. The first kappa shape index (κ1) is 14.3. The Morgan fingerprint density at radius 1 is 1.25 bits per heavy atom. The van der Waals surface area contributed by atoms with Crippen LogP contribution >= 0.6 is 0 Å². The van der Waals surface area contributed by atoms with E-state index in [1.54, 1.807) is 0 Å². The fourth-order valence-corrected chi connectivity index (χ4v) is 4.47. The molecule has 2 heterocycles. The molecule has 0 aromatic rings. The van der Waals surface area contributed by atoms with Gasteiger partial charge in [0.1, 0.15) is 5.54 Å². The highest BCUT2D eigenvalue weighted by Gasteiger charge is 2.44. The van der Waals surface area contributed by atoms with Gasteiger partial charge >= 0.3 is 5.97 Å². The number of aliphatic carboxylic acids is 1. The molecule has 114 valence electrons. The molecule has 3 fully saturated rings. The summed E-state index contributed by atoms with van der Waals surface area (Å²) in [6, 6.07) is 1.55. The molecule has 2 aliphatic heterocycles. The molecule has 2 saturated heterocycles. The van der Waals surface area contributed by atoms with Gasteiger partial charge in [0.05, 0.1) is 0 Å². The van der Waals surface area contributed by atoms with Gasteiger partial charge in [0, 0.05) is 31.2 Å². The van der Waals surface area contributed by atoms with E-state index in [4.69, 9.17) is 5.73 Å². The molecule has 3 N–H and O–H groups in total. The van der Waals surface area contributed by atoms with Gasteiger partial charge in [0.25, 0.3) is 0 Å². The number of fused-ring (bicyclic) bond motifs is 1. The maximum atomic E-state index is 11.4. The molecule has 0 aromatic carbocycles. The molecule has 4 unspecified atom stereocenters. The van der Waals surface area contributed by atoms with Crippen molar-refractivity contribution in [1.29, 1.82) is 0 Å². The first-order valence-electron chi connectivity index (χ1n) is 8.02. The van der Waals surface area contributed by atoms with E-state index in [1.165, 1.54) is 19.4 Å². The van der Waals surface area contributed by atoms with Gasteiger partial charge in [0.2, 0.25) is 0 Å². The van der Waals surface area contributed by atoms with Crippen LogP contribution in [0.25, 0.3) is 0 Å². The van der Waals surface area contributed by atoms with Gasteiger partial charge in [0.15, 0.2) is 0 Å². The molecular weight excluding hydrogens is 254 g/mol. The van der Waals surface area contributed by atoms with Crippen molar-refractivity contribution in [3.8, 4) is 0 Å². The second-order valence-electron chi connectivity index (χ2n) is 7.05. The summed E-state index contributed by atoms with van der Waals surface area (Å²) in [6.07, 6.45) is 5.87. The third kappa shape index (κ3) is 2.47. The molecule has 0 amide bonds. The summed E-state index contributed by atoms with van der Waals surface area (Å²) >= 11 is 0. The van der Waals surface area contributed by atoms with E-state index in [0.29, 0.717) is 31.0 Å². The normalized spacial score (nSPS) is 43.4. The zero-order chi connectivity index (χ0) is 14.3. The number of piperazine rings is 1. The number of carbonyl (C=O) groups is 1. The Morgan fingerprint density at radius 3 is 2.75 bits per heavy atom. The Hall–Kier alpha value is -0.650. The van der Waals surface area contributed by atoms with Gasteiger partial charge in [-0.2, -0.15) is 0 Å². The summed E-state index contributed by atoms with van der Waals surface area (Å²) in [6.45, 7) is 5.75. The molecule has 5 nitrogen and oxygen atoms in total. The standard InChI is InChI=1S/C15H27N3O2/c1-11-9-17-7-3-5-13(17)10-18(11)12-4-2-6-15(16,8-12)14(19)20/h11-13H,2-10,16H2,1H3,(H,19,20). The Bertz CT molecular complexity index is 389. The summed E-state index contributed by atoms with van der Waals surface area (Å²) in [5.41, 5.74) is 5.11. The van der Waals surface area contributed by atoms with Gasteiger partial charge in [-0.15, -0.1) is 0 Å². The van der Waals surface area contributed by atoms with Crippen LogP contribution in [0.1, 0.15) is 45.4 Å². The lowest BCUT2D eigenvalue weighted by Gasteiger charge is -2.49. The monoisotopic (exact) mass is 281 g/mol. The Labute approximate surface area is 121 Å². The molecule has 1 aliphatic carbocycles. The number of nitrogens with two attached hydrogens (primary N) is 1. The lowest BCUT2D eigenvalue weighted by atomic mass is 9.78. The van der Waals surface area contributed by atoms with E-state index >= 15 is 0 Å². The van der Waals surface area contributed by atoms with E-state index in [2.05, 4.69) is 16.7 Å². The predicted octanol–water partition coefficient (Wildman–Crippen LogP) is 0.880. The fourth-order valence-electron chi connectivity index (χ4n) is 4.47. The number of hydrogen-bond donors (Lipinski definition) is 2. The first-order valence-corrected chi connectivity index (χ1v) is 8.02. The van der Waals surface area contributed by atoms with E-state index in [1.807, 2.05) is 0 Å². The molecule has 3 rings (SSSR count). The maximum Gasteiger partial charge on any atom is 0.323 e. The zero-order valence-corrected chi connectivity index (χ0v) is 12.4. The molecule has 0 bridgehead atoms. The van der Waals surface area contributed by atoms with Crippen LogP contribution in [-0.4, -0.2) is 64.2 Å². The topological polar surface area (TPSA) is 69.8 Å². The minimum Gasteiger partial charge on any atom is -0.480 e. The van der Waals surface area contributed by atoms with E-state index in [0.717, 1.165) is 25.9 Å². The zero-order valence-electron chi connectivity index (χ0n) is 12.4. The van der Waals surface area contributed by atoms with Crippen molar-refractivity contribution in [2.24, 2.45) is 5.73 Å². The van der Waals surface area contributed by atoms with Crippen LogP contribution < -0.4 is 5.73 Å². The second kappa shape index (κ2) is 5.28. The number of rotatable bonds is 2. The minimum atomic E-state index is -1.00. The number of carboxylic acids is 1. The van der Waals surface area contributed by atoms with Crippen LogP contribution in [-0.2, 0) is 4.79 Å². The highest BCUT2D eigenvalue weighted by atomic mass is 16.4. The maximum absolute atomic E-state index is 11.4. The summed E-state index contributed by atoms with van der Waals surface area (Å²) in [5.74, 6) is -0.825. The fraction of sp³-hybridized carbons (Fsp3) is 0.933. The average Bonchev–Trinajstić information content (AvgIpc) is 2.84. The predicted molar refractivity (Wildman–Crippen MR) is 77.6 cm³/mol. The third-order valence-corrected chi connectivity index (χ3v) is 5.64. The van der Waals surface area contributed by atoms with Gasteiger partial charge in [-0.05, 0) is 52.0 Å². The average molecular weight is 281 g/mol. The van der Waals surface area contributed by atoms with Crippen LogP contribution in [0.2, 0.25) is 0 Å². The van der Waals surface area contributed by atoms with Crippen LogP contribution in [0.5, 0.6) is 0 Å². The van der Waals surface area contributed by atoms with Crippen LogP contribution in [0.3, 0.4) is 0 Å². The number of carboxylic acid groups (broad SMARTS) is 1. The van der Waals surface area contributed by atoms with Crippen molar-refractivity contribution in [3.63, 3.8) is 0 Å². The smallest absolute Gasteiger partial charge is 0.323 e. The van der Waals surface area contributed by atoms with Crippen molar-refractivity contribution < 1.29 is 9.90 Å². The lowest BCUT2D eigenvalue weighted by molar-refractivity contribution is -0.146. The van der Waals surface area contributed by atoms with Crippen LogP contribution in [0, 0.1) is 0 Å². The Morgan fingerprint density at radius 2 is 2.00 bits per heavy atom. The Balaban J connectivity index is 1.70. The molecule has 20 heavy (non-hydrogen) atoms. The SMILES string of the molecule is CC1CN2CCCC2CN1C1CCCC(N)(C(=O)O)C1. The quantitative estimate of drug-likeness (QED) is 0.786. The van der Waals surface area contributed by atoms with Gasteiger partial charge in [-0.3, -0.25) is 14.6 Å². The molecule has 5 heteroatoms. The molecular formula is C15H27N3O2. The summed E-state index contributed by atoms with van der Waals surface area (Å²) in [7, 11) is 0. The van der Waals surface area contributed by atoms with Gasteiger partial charge < -0.3 is 10.8 Å². The van der Waals surface area contributed by atoms with E-state index in [9.17, 15) is 9.90 Å². The lowest BCUT2D eigenvalue weighted by Crippen LogP contribution is -2.62.